The van der Waals surface area contributed by atoms with Gasteiger partial charge >= 0.3 is 12.1 Å². The molecule has 1 amide bonds. The Morgan fingerprint density at radius 1 is 1.26 bits per heavy atom. The Bertz CT molecular complexity index is 336. The number of rotatable bonds is 3. The maximum atomic E-state index is 11.7. The Labute approximate surface area is 113 Å². The van der Waals surface area contributed by atoms with Gasteiger partial charge in [0.05, 0.1) is 18.1 Å². The van der Waals surface area contributed by atoms with Crippen molar-refractivity contribution in [2.45, 2.75) is 57.8 Å². The third-order valence-electron chi connectivity index (χ3n) is 3.15. The highest BCUT2D eigenvalue weighted by molar-refractivity contribution is 5.70. The van der Waals surface area contributed by atoms with E-state index < -0.39 is 23.6 Å². The van der Waals surface area contributed by atoms with E-state index in [0.717, 1.165) is 0 Å². The van der Waals surface area contributed by atoms with Gasteiger partial charge in [0.25, 0.3) is 0 Å². The van der Waals surface area contributed by atoms with Gasteiger partial charge in [-0.05, 0) is 40.0 Å². The summed E-state index contributed by atoms with van der Waals surface area (Å²) in [4.78, 5) is 22.7. The number of carbonyl (C=O) groups excluding carboxylic acids is 1. The van der Waals surface area contributed by atoms with Gasteiger partial charge in [0.2, 0.25) is 0 Å². The van der Waals surface area contributed by atoms with Crippen molar-refractivity contribution in [1.29, 1.82) is 0 Å². The number of amides is 1. The van der Waals surface area contributed by atoms with Crippen LogP contribution in [0.3, 0.4) is 0 Å². The summed E-state index contributed by atoms with van der Waals surface area (Å²) in [6, 6.07) is -0.199. The summed E-state index contributed by atoms with van der Waals surface area (Å²) in [5, 5.41) is 11.8. The van der Waals surface area contributed by atoms with Crippen LogP contribution in [0.2, 0.25) is 0 Å². The maximum absolute atomic E-state index is 11.7. The number of carbonyl (C=O) groups is 2. The van der Waals surface area contributed by atoms with Gasteiger partial charge in [-0.25, -0.2) is 4.79 Å². The van der Waals surface area contributed by atoms with Crippen molar-refractivity contribution in [2.24, 2.45) is 5.92 Å². The van der Waals surface area contributed by atoms with Crippen LogP contribution in [0.1, 0.15) is 40.0 Å². The van der Waals surface area contributed by atoms with Crippen molar-refractivity contribution >= 4 is 12.1 Å². The van der Waals surface area contributed by atoms with E-state index in [-0.39, 0.29) is 12.1 Å². The fraction of sp³-hybridized carbons (Fsp3) is 0.846. The average Bonchev–Trinajstić information content (AvgIpc) is 2.26. The highest BCUT2D eigenvalue weighted by atomic mass is 16.6. The number of aliphatic carboxylic acids is 1. The minimum absolute atomic E-state index is 0.199. The Morgan fingerprint density at radius 2 is 1.89 bits per heavy atom. The molecule has 0 aliphatic heterocycles. The van der Waals surface area contributed by atoms with Crippen LogP contribution in [0.4, 0.5) is 4.79 Å². The lowest BCUT2D eigenvalue weighted by molar-refractivity contribution is -0.144. The molecule has 1 aliphatic rings. The zero-order valence-corrected chi connectivity index (χ0v) is 11.9. The minimum Gasteiger partial charge on any atom is -0.481 e. The first-order valence-corrected chi connectivity index (χ1v) is 6.48. The van der Waals surface area contributed by atoms with E-state index in [1.54, 1.807) is 20.8 Å². The lowest BCUT2D eigenvalue weighted by Crippen LogP contribution is -2.49. The number of carboxylic acid groups (broad SMARTS) is 1. The number of carboxylic acids is 1. The largest absolute Gasteiger partial charge is 0.481 e. The Morgan fingerprint density at radius 3 is 2.37 bits per heavy atom. The van der Waals surface area contributed by atoms with Crippen molar-refractivity contribution < 1.29 is 24.2 Å². The normalized spacial score (nSPS) is 27.7. The van der Waals surface area contributed by atoms with Crippen molar-refractivity contribution in [1.82, 2.24) is 5.32 Å². The topological polar surface area (TPSA) is 84.9 Å². The second-order valence-corrected chi connectivity index (χ2v) is 5.88. The summed E-state index contributed by atoms with van der Waals surface area (Å²) in [7, 11) is 1.53. The van der Waals surface area contributed by atoms with Crippen molar-refractivity contribution in [3.05, 3.63) is 0 Å². The molecule has 0 aromatic rings. The van der Waals surface area contributed by atoms with E-state index in [1.165, 1.54) is 7.11 Å². The summed E-state index contributed by atoms with van der Waals surface area (Å²) < 4.78 is 10.5. The number of hydrogen-bond donors (Lipinski definition) is 2. The molecular formula is C13H23NO5. The second-order valence-electron chi connectivity index (χ2n) is 5.88. The standard InChI is InChI=1S/C13H23NO5/c1-13(2,3)19-12(17)14-9-6-5-8(11(15)16)7-10(9)18-4/h8-10H,5-7H2,1-4H3,(H,14,17)(H,15,16)/t8-,9-,10-/m1/s1. The minimum atomic E-state index is -0.808. The quantitative estimate of drug-likeness (QED) is 0.818. The highest BCUT2D eigenvalue weighted by Crippen LogP contribution is 2.27. The first kappa shape index (κ1) is 15.8. The van der Waals surface area contributed by atoms with Crippen LogP contribution < -0.4 is 5.32 Å². The molecule has 0 radical (unpaired) electrons. The predicted molar refractivity (Wildman–Crippen MR) is 68.9 cm³/mol. The molecule has 0 unspecified atom stereocenters. The van der Waals surface area contributed by atoms with E-state index in [9.17, 15) is 9.59 Å². The van der Waals surface area contributed by atoms with Gasteiger partial charge in [0, 0.05) is 7.11 Å². The molecule has 1 fully saturated rings. The molecule has 1 saturated carbocycles. The van der Waals surface area contributed by atoms with Gasteiger partial charge in [-0.15, -0.1) is 0 Å². The SMILES string of the molecule is CO[C@@H]1C[C@H](C(=O)O)CC[C@H]1NC(=O)OC(C)(C)C. The number of methoxy groups -OCH3 is 1. The summed E-state index contributed by atoms with van der Waals surface area (Å²) in [6.45, 7) is 5.38. The lowest BCUT2D eigenvalue weighted by Gasteiger charge is -2.34. The third-order valence-corrected chi connectivity index (χ3v) is 3.15. The molecule has 0 saturated heterocycles. The Hall–Kier alpha value is -1.30. The van der Waals surface area contributed by atoms with Crippen molar-refractivity contribution in [2.75, 3.05) is 7.11 Å². The van der Waals surface area contributed by atoms with Gasteiger partial charge in [-0.2, -0.15) is 0 Å². The van der Waals surface area contributed by atoms with E-state index in [2.05, 4.69) is 5.32 Å². The predicted octanol–water partition coefficient (Wildman–Crippen LogP) is 1.78. The smallest absolute Gasteiger partial charge is 0.407 e. The molecule has 6 nitrogen and oxygen atoms in total. The molecule has 3 atom stereocenters. The number of hydrogen-bond acceptors (Lipinski definition) is 4. The molecule has 0 bridgehead atoms. The van der Waals surface area contributed by atoms with Crippen LogP contribution in [-0.4, -0.2) is 42.0 Å². The van der Waals surface area contributed by atoms with Crippen LogP contribution in [0.5, 0.6) is 0 Å². The van der Waals surface area contributed by atoms with E-state index >= 15 is 0 Å². The highest BCUT2D eigenvalue weighted by Gasteiger charge is 2.35. The van der Waals surface area contributed by atoms with Crippen molar-refractivity contribution in [3.8, 4) is 0 Å². The summed E-state index contributed by atoms with van der Waals surface area (Å²) >= 11 is 0. The van der Waals surface area contributed by atoms with Gasteiger partial charge in [-0.3, -0.25) is 4.79 Å². The van der Waals surface area contributed by atoms with Gasteiger partial charge in [0.15, 0.2) is 0 Å². The molecule has 1 aliphatic carbocycles. The maximum Gasteiger partial charge on any atom is 0.407 e. The van der Waals surface area contributed by atoms with Crippen molar-refractivity contribution in [3.63, 3.8) is 0 Å². The summed E-state index contributed by atoms with van der Waals surface area (Å²) in [6.07, 6.45) is 0.743. The van der Waals surface area contributed by atoms with E-state index in [0.29, 0.717) is 19.3 Å². The molecule has 2 N–H and O–H groups in total. The molecule has 110 valence electrons. The summed E-state index contributed by atoms with van der Waals surface area (Å²) in [5.74, 6) is -1.21. The molecule has 6 heteroatoms. The average molecular weight is 273 g/mol. The lowest BCUT2D eigenvalue weighted by atomic mass is 9.84. The van der Waals surface area contributed by atoms with Crippen LogP contribution in [-0.2, 0) is 14.3 Å². The van der Waals surface area contributed by atoms with E-state index in [4.69, 9.17) is 14.6 Å². The van der Waals surface area contributed by atoms with Crippen LogP contribution in [0, 0.1) is 5.92 Å². The van der Waals surface area contributed by atoms with Crippen LogP contribution in [0.25, 0.3) is 0 Å². The number of alkyl carbamates (subject to hydrolysis) is 1. The first-order valence-electron chi connectivity index (χ1n) is 6.48. The van der Waals surface area contributed by atoms with Gasteiger partial charge in [-0.1, -0.05) is 0 Å². The van der Waals surface area contributed by atoms with Gasteiger partial charge in [0.1, 0.15) is 5.60 Å². The van der Waals surface area contributed by atoms with E-state index in [1.807, 2.05) is 0 Å². The third kappa shape index (κ3) is 5.06. The molecule has 1 rings (SSSR count). The summed E-state index contributed by atoms with van der Waals surface area (Å²) in [5.41, 5.74) is -0.551. The van der Waals surface area contributed by atoms with Gasteiger partial charge < -0.3 is 19.9 Å². The zero-order chi connectivity index (χ0) is 14.6. The molecule has 0 heterocycles. The monoisotopic (exact) mass is 273 g/mol. The van der Waals surface area contributed by atoms with Crippen LogP contribution in [0.15, 0.2) is 0 Å². The zero-order valence-electron chi connectivity index (χ0n) is 11.9. The second kappa shape index (κ2) is 6.23. The molecule has 19 heavy (non-hydrogen) atoms. The number of ether oxygens (including phenoxy) is 2. The Balaban J connectivity index is 2.54. The Kier molecular flexibility index (Phi) is 5.17. The first-order chi connectivity index (χ1) is 8.73. The molecule has 0 spiro atoms. The van der Waals surface area contributed by atoms with Crippen LogP contribution >= 0.6 is 0 Å². The molecule has 0 aromatic heterocycles. The number of nitrogens with one attached hydrogen (secondary N) is 1. The fourth-order valence-corrected chi connectivity index (χ4v) is 2.24. The molecule has 0 aromatic carbocycles. The molecular weight excluding hydrogens is 250 g/mol. The fourth-order valence-electron chi connectivity index (χ4n) is 2.24.